The lowest BCUT2D eigenvalue weighted by Gasteiger charge is -2.16. The number of rotatable bonds is 8. The first-order chi connectivity index (χ1) is 16.6. The standard InChI is InChI=1S/C26H26N2O6S/c1-17-13-18(2)25(19(3)14-17)35(32,33)28-22-12-8-7-11-21(22)26(31)34-16-24(30)27-23(29)15-20-9-5-4-6-10-20/h4-14,28H,15-16H2,1-3H3,(H,27,29,30). The van der Waals surface area contributed by atoms with E-state index in [0.29, 0.717) is 11.1 Å². The van der Waals surface area contributed by atoms with E-state index in [4.69, 9.17) is 4.74 Å². The number of ether oxygens (including phenoxy) is 1. The lowest BCUT2D eigenvalue weighted by Crippen LogP contribution is -2.35. The maximum Gasteiger partial charge on any atom is 0.340 e. The molecule has 0 fully saturated rings. The topological polar surface area (TPSA) is 119 Å². The quantitative estimate of drug-likeness (QED) is 0.463. The Morgan fingerprint density at radius 2 is 1.43 bits per heavy atom. The largest absolute Gasteiger partial charge is 0.452 e. The van der Waals surface area contributed by atoms with E-state index in [1.807, 2.05) is 13.0 Å². The van der Waals surface area contributed by atoms with E-state index < -0.39 is 34.4 Å². The van der Waals surface area contributed by atoms with Gasteiger partial charge in [0, 0.05) is 0 Å². The van der Waals surface area contributed by atoms with Crippen molar-refractivity contribution in [2.45, 2.75) is 32.1 Å². The van der Waals surface area contributed by atoms with Crippen LogP contribution in [0.1, 0.15) is 32.6 Å². The van der Waals surface area contributed by atoms with Crippen molar-refractivity contribution in [3.63, 3.8) is 0 Å². The number of carbonyl (C=O) groups excluding carboxylic acids is 3. The molecule has 0 saturated heterocycles. The summed E-state index contributed by atoms with van der Waals surface area (Å²) in [4.78, 5) is 36.8. The molecular formula is C26H26N2O6S. The number of anilines is 1. The number of hydrogen-bond acceptors (Lipinski definition) is 6. The Hall–Kier alpha value is -3.98. The number of para-hydroxylation sites is 1. The molecule has 182 valence electrons. The molecule has 0 aliphatic rings. The lowest BCUT2D eigenvalue weighted by molar-refractivity contribution is -0.132. The van der Waals surface area contributed by atoms with Crippen LogP contribution in [0.3, 0.4) is 0 Å². The summed E-state index contributed by atoms with van der Waals surface area (Å²) >= 11 is 0. The number of amides is 2. The first kappa shape index (κ1) is 25.6. The molecule has 3 aromatic rings. The van der Waals surface area contributed by atoms with Crippen molar-refractivity contribution in [2.75, 3.05) is 11.3 Å². The molecule has 0 unspecified atom stereocenters. The Balaban J connectivity index is 1.67. The van der Waals surface area contributed by atoms with Crippen LogP contribution in [-0.4, -0.2) is 32.8 Å². The number of hydrogen-bond donors (Lipinski definition) is 2. The van der Waals surface area contributed by atoms with Crippen LogP contribution in [0.5, 0.6) is 0 Å². The van der Waals surface area contributed by atoms with Crippen molar-refractivity contribution in [3.05, 3.63) is 94.5 Å². The molecule has 0 saturated carbocycles. The van der Waals surface area contributed by atoms with Gasteiger partial charge in [0.05, 0.1) is 22.6 Å². The van der Waals surface area contributed by atoms with Gasteiger partial charge < -0.3 is 4.74 Å². The monoisotopic (exact) mass is 494 g/mol. The fourth-order valence-electron chi connectivity index (χ4n) is 3.76. The third kappa shape index (κ3) is 6.77. The highest BCUT2D eigenvalue weighted by atomic mass is 32.2. The van der Waals surface area contributed by atoms with Gasteiger partial charge in [-0.15, -0.1) is 0 Å². The molecule has 35 heavy (non-hydrogen) atoms. The van der Waals surface area contributed by atoms with Gasteiger partial charge in [-0.05, 0) is 49.6 Å². The lowest BCUT2D eigenvalue weighted by atomic mass is 10.1. The first-order valence-electron chi connectivity index (χ1n) is 10.8. The van der Waals surface area contributed by atoms with E-state index in [1.165, 1.54) is 12.1 Å². The molecule has 9 heteroatoms. The normalized spacial score (nSPS) is 10.9. The molecule has 0 heterocycles. The second-order valence-electron chi connectivity index (χ2n) is 8.09. The van der Waals surface area contributed by atoms with Crippen LogP contribution >= 0.6 is 0 Å². The molecule has 8 nitrogen and oxygen atoms in total. The molecule has 0 spiro atoms. The first-order valence-corrected chi connectivity index (χ1v) is 12.3. The maximum absolute atomic E-state index is 13.1. The highest BCUT2D eigenvalue weighted by molar-refractivity contribution is 7.92. The molecule has 0 atom stereocenters. The van der Waals surface area contributed by atoms with Gasteiger partial charge >= 0.3 is 5.97 Å². The van der Waals surface area contributed by atoms with E-state index >= 15 is 0 Å². The van der Waals surface area contributed by atoms with Crippen molar-refractivity contribution in [2.24, 2.45) is 0 Å². The third-order valence-electron chi connectivity index (χ3n) is 5.09. The molecule has 2 amide bonds. The molecule has 2 N–H and O–H groups in total. The van der Waals surface area contributed by atoms with E-state index in [9.17, 15) is 22.8 Å². The summed E-state index contributed by atoms with van der Waals surface area (Å²) in [5, 5.41) is 2.16. The second kappa shape index (κ2) is 11.0. The van der Waals surface area contributed by atoms with E-state index in [0.717, 1.165) is 11.1 Å². The molecule has 3 rings (SSSR count). The van der Waals surface area contributed by atoms with Crippen LogP contribution in [-0.2, 0) is 30.8 Å². The van der Waals surface area contributed by atoms with Gasteiger partial charge in [0.2, 0.25) is 5.91 Å². The van der Waals surface area contributed by atoms with Gasteiger partial charge in [-0.1, -0.05) is 60.2 Å². The minimum absolute atomic E-state index is 0.00296. The molecular weight excluding hydrogens is 468 g/mol. The van der Waals surface area contributed by atoms with Crippen molar-refractivity contribution in [1.29, 1.82) is 0 Å². The Labute approximate surface area is 204 Å². The van der Waals surface area contributed by atoms with Crippen molar-refractivity contribution < 1.29 is 27.5 Å². The summed E-state index contributed by atoms with van der Waals surface area (Å²) in [5.74, 6) is -2.23. The van der Waals surface area contributed by atoms with Gasteiger partial charge in [-0.3, -0.25) is 19.6 Å². The summed E-state index contributed by atoms with van der Waals surface area (Å²) in [7, 11) is -4.01. The zero-order chi connectivity index (χ0) is 25.6. The summed E-state index contributed by atoms with van der Waals surface area (Å²) < 4.78 is 33.7. The van der Waals surface area contributed by atoms with E-state index in [-0.39, 0.29) is 22.6 Å². The van der Waals surface area contributed by atoms with Crippen molar-refractivity contribution in [1.82, 2.24) is 5.32 Å². The summed E-state index contributed by atoms with van der Waals surface area (Å²) in [6.45, 7) is 4.58. The van der Waals surface area contributed by atoms with Gasteiger partial charge in [-0.25, -0.2) is 13.2 Å². The number of nitrogens with one attached hydrogen (secondary N) is 2. The van der Waals surface area contributed by atoms with Gasteiger partial charge in [0.1, 0.15) is 0 Å². The average Bonchev–Trinajstić information content (AvgIpc) is 2.77. The maximum atomic E-state index is 13.1. The zero-order valence-corrected chi connectivity index (χ0v) is 20.4. The van der Waals surface area contributed by atoms with Gasteiger partial charge in [-0.2, -0.15) is 0 Å². The van der Waals surface area contributed by atoms with Crippen LogP contribution in [0.15, 0.2) is 71.6 Å². The number of sulfonamides is 1. The summed E-state index contributed by atoms with van der Waals surface area (Å²) in [6, 6.07) is 18.3. The minimum Gasteiger partial charge on any atom is -0.452 e. The molecule has 3 aromatic carbocycles. The molecule has 0 aliphatic heterocycles. The summed E-state index contributed by atoms with van der Waals surface area (Å²) in [5.41, 5.74) is 2.76. The van der Waals surface area contributed by atoms with Crippen LogP contribution < -0.4 is 10.0 Å². The van der Waals surface area contributed by atoms with Gasteiger partial charge in [0.15, 0.2) is 6.61 Å². The Bertz CT molecular complexity index is 1340. The fourth-order valence-corrected chi connectivity index (χ4v) is 5.30. The van der Waals surface area contributed by atoms with Crippen molar-refractivity contribution >= 4 is 33.5 Å². The Kier molecular flexibility index (Phi) is 8.03. The van der Waals surface area contributed by atoms with Crippen LogP contribution in [0.2, 0.25) is 0 Å². The predicted molar refractivity (Wildman–Crippen MR) is 131 cm³/mol. The molecule has 0 bridgehead atoms. The average molecular weight is 495 g/mol. The predicted octanol–water partition coefficient (Wildman–Crippen LogP) is 3.45. The smallest absolute Gasteiger partial charge is 0.340 e. The van der Waals surface area contributed by atoms with Crippen LogP contribution in [0.4, 0.5) is 5.69 Å². The molecule has 0 aromatic heterocycles. The third-order valence-corrected chi connectivity index (χ3v) is 6.76. The zero-order valence-electron chi connectivity index (χ0n) is 19.6. The molecule has 0 radical (unpaired) electrons. The Morgan fingerprint density at radius 1 is 0.829 bits per heavy atom. The van der Waals surface area contributed by atoms with Crippen LogP contribution in [0.25, 0.3) is 0 Å². The van der Waals surface area contributed by atoms with Crippen molar-refractivity contribution in [3.8, 4) is 0 Å². The van der Waals surface area contributed by atoms with E-state index in [1.54, 1.807) is 62.4 Å². The van der Waals surface area contributed by atoms with E-state index in [2.05, 4.69) is 10.0 Å². The highest BCUT2D eigenvalue weighted by Crippen LogP contribution is 2.26. The number of esters is 1. The highest BCUT2D eigenvalue weighted by Gasteiger charge is 2.23. The number of carbonyl (C=O) groups is 3. The number of imide groups is 1. The van der Waals surface area contributed by atoms with Gasteiger partial charge in [0.25, 0.3) is 15.9 Å². The fraction of sp³-hybridized carbons (Fsp3) is 0.192. The second-order valence-corrected chi connectivity index (χ2v) is 9.71. The molecule has 0 aliphatic carbocycles. The number of aryl methyl sites for hydroxylation is 3. The SMILES string of the molecule is Cc1cc(C)c(S(=O)(=O)Nc2ccccc2C(=O)OCC(=O)NC(=O)Cc2ccccc2)c(C)c1. The Morgan fingerprint density at radius 3 is 2.09 bits per heavy atom. The minimum atomic E-state index is -4.01. The summed E-state index contributed by atoms with van der Waals surface area (Å²) in [6.07, 6.45) is 0.00296. The van der Waals surface area contributed by atoms with Crippen LogP contribution in [0, 0.1) is 20.8 Å². The number of benzene rings is 3.